The predicted octanol–water partition coefficient (Wildman–Crippen LogP) is 1.29. The average Bonchev–Trinajstić information content (AvgIpc) is 2.85. The molecule has 2 rings (SSSR count). The third kappa shape index (κ3) is 3.23. The molecule has 1 saturated heterocycles. The van der Waals surface area contributed by atoms with E-state index in [1.54, 1.807) is 0 Å². The van der Waals surface area contributed by atoms with Gasteiger partial charge in [-0.1, -0.05) is 0 Å². The summed E-state index contributed by atoms with van der Waals surface area (Å²) in [7, 11) is 0.948. The van der Waals surface area contributed by atoms with Gasteiger partial charge in [0.15, 0.2) is 0 Å². The van der Waals surface area contributed by atoms with Crippen LogP contribution in [0.25, 0.3) is 0 Å². The zero-order valence-electron chi connectivity index (χ0n) is 10.0. The summed E-state index contributed by atoms with van der Waals surface area (Å²) in [6, 6.07) is 0. The molecule has 1 aliphatic rings. The third-order valence-electron chi connectivity index (χ3n) is 2.86. The first-order valence-corrected chi connectivity index (χ1v) is 7.90. The van der Waals surface area contributed by atoms with Crippen molar-refractivity contribution in [2.24, 2.45) is 0 Å². The molecule has 19 heavy (non-hydrogen) atoms. The maximum atomic E-state index is 11.2. The lowest BCUT2D eigenvalue weighted by Crippen LogP contribution is -2.16. The fourth-order valence-electron chi connectivity index (χ4n) is 2.01. The summed E-state index contributed by atoms with van der Waals surface area (Å²) in [5, 5.41) is 14.4. The van der Waals surface area contributed by atoms with Gasteiger partial charge in [-0.2, -0.15) is 4.68 Å². The number of hydrogen-bond acceptors (Lipinski definition) is 6. The standard InChI is InChI=1S/C9H12ClN3O5S/c1-6-2-3-7(18-6)4-12-5-8(19(10,16)17)9(11-12)13(14)15/h5-7H,2-4H2,1H3. The van der Waals surface area contributed by atoms with Gasteiger partial charge in [0.25, 0.3) is 9.05 Å². The first-order chi connectivity index (χ1) is 8.77. The molecule has 10 heteroatoms. The second kappa shape index (κ2) is 5.06. The summed E-state index contributed by atoms with van der Waals surface area (Å²) >= 11 is 0. The Hall–Kier alpha value is -1.19. The molecule has 0 aromatic carbocycles. The van der Waals surface area contributed by atoms with Crippen LogP contribution in [-0.2, 0) is 20.3 Å². The van der Waals surface area contributed by atoms with E-state index < -0.39 is 24.7 Å². The van der Waals surface area contributed by atoms with Gasteiger partial charge in [-0.3, -0.25) is 0 Å². The number of rotatable bonds is 4. The molecule has 1 fully saturated rings. The molecule has 1 aliphatic heterocycles. The van der Waals surface area contributed by atoms with Crippen LogP contribution in [0.3, 0.4) is 0 Å². The minimum Gasteiger partial charge on any atom is -0.373 e. The van der Waals surface area contributed by atoms with E-state index in [2.05, 4.69) is 5.10 Å². The lowest BCUT2D eigenvalue weighted by Gasteiger charge is -2.08. The van der Waals surface area contributed by atoms with Crippen molar-refractivity contribution in [1.29, 1.82) is 0 Å². The number of nitro groups is 1. The summed E-state index contributed by atoms with van der Waals surface area (Å²) in [5.41, 5.74) is 0. The Bertz CT molecular complexity index is 599. The first-order valence-electron chi connectivity index (χ1n) is 5.59. The van der Waals surface area contributed by atoms with Gasteiger partial charge in [0, 0.05) is 10.7 Å². The largest absolute Gasteiger partial charge is 0.410 e. The molecule has 2 unspecified atom stereocenters. The molecule has 2 heterocycles. The minimum absolute atomic E-state index is 0.125. The van der Waals surface area contributed by atoms with Gasteiger partial charge >= 0.3 is 5.82 Å². The Labute approximate surface area is 113 Å². The van der Waals surface area contributed by atoms with Crippen LogP contribution in [0.4, 0.5) is 5.82 Å². The summed E-state index contributed by atoms with van der Waals surface area (Å²) in [6.07, 6.45) is 2.77. The molecular formula is C9H12ClN3O5S. The van der Waals surface area contributed by atoms with Gasteiger partial charge in [0.2, 0.25) is 4.90 Å². The van der Waals surface area contributed by atoms with Crippen LogP contribution in [0.15, 0.2) is 11.1 Å². The minimum atomic E-state index is -4.20. The molecule has 0 aliphatic carbocycles. The first kappa shape index (κ1) is 14.2. The number of halogens is 1. The Morgan fingerprint density at radius 2 is 2.32 bits per heavy atom. The smallest absolute Gasteiger partial charge is 0.373 e. The molecule has 0 saturated carbocycles. The molecule has 0 bridgehead atoms. The summed E-state index contributed by atoms with van der Waals surface area (Å²) < 4.78 is 29.2. The highest BCUT2D eigenvalue weighted by Gasteiger charge is 2.31. The average molecular weight is 310 g/mol. The Morgan fingerprint density at radius 3 is 2.74 bits per heavy atom. The molecule has 1 aromatic rings. The Kier molecular flexibility index (Phi) is 3.79. The van der Waals surface area contributed by atoms with Crippen molar-refractivity contribution in [2.75, 3.05) is 0 Å². The summed E-state index contributed by atoms with van der Waals surface area (Å²) in [6.45, 7) is 2.19. The van der Waals surface area contributed by atoms with E-state index in [4.69, 9.17) is 15.4 Å². The van der Waals surface area contributed by atoms with E-state index in [0.717, 1.165) is 19.0 Å². The van der Waals surface area contributed by atoms with Crippen LogP contribution in [0.1, 0.15) is 19.8 Å². The fraction of sp³-hybridized carbons (Fsp3) is 0.667. The highest BCUT2D eigenvalue weighted by Crippen LogP contribution is 2.26. The van der Waals surface area contributed by atoms with Crippen LogP contribution in [-0.4, -0.2) is 35.3 Å². The monoisotopic (exact) mass is 309 g/mol. The van der Waals surface area contributed by atoms with Gasteiger partial charge in [0.1, 0.15) is 0 Å². The lowest BCUT2D eigenvalue weighted by atomic mass is 10.2. The van der Waals surface area contributed by atoms with Crippen molar-refractivity contribution >= 4 is 25.6 Å². The van der Waals surface area contributed by atoms with Gasteiger partial charge in [-0.15, -0.1) is 0 Å². The van der Waals surface area contributed by atoms with E-state index >= 15 is 0 Å². The van der Waals surface area contributed by atoms with Gasteiger partial charge < -0.3 is 14.9 Å². The van der Waals surface area contributed by atoms with Crippen molar-refractivity contribution in [1.82, 2.24) is 9.78 Å². The highest BCUT2D eigenvalue weighted by molar-refractivity contribution is 8.13. The summed E-state index contributed by atoms with van der Waals surface area (Å²) in [4.78, 5) is 9.28. The quantitative estimate of drug-likeness (QED) is 0.471. The van der Waals surface area contributed by atoms with E-state index in [-0.39, 0.29) is 18.8 Å². The van der Waals surface area contributed by atoms with Crippen molar-refractivity contribution < 1.29 is 18.1 Å². The van der Waals surface area contributed by atoms with Crippen LogP contribution >= 0.6 is 10.7 Å². The molecule has 106 valence electrons. The van der Waals surface area contributed by atoms with Crippen LogP contribution in [0.5, 0.6) is 0 Å². The number of aromatic nitrogens is 2. The van der Waals surface area contributed by atoms with Crippen molar-refractivity contribution in [3.05, 3.63) is 16.3 Å². The van der Waals surface area contributed by atoms with Crippen LogP contribution < -0.4 is 0 Å². The predicted molar refractivity (Wildman–Crippen MR) is 65.5 cm³/mol. The number of ether oxygens (including phenoxy) is 1. The maximum absolute atomic E-state index is 11.2. The van der Waals surface area contributed by atoms with Crippen LogP contribution in [0, 0.1) is 10.1 Å². The van der Waals surface area contributed by atoms with Gasteiger partial charge in [0.05, 0.1) is 30.0 Å². The second-order valence-electron chi connectivity index (χ2n) is 4.38. The SMILES string of the molecule is CC1CCC(Cn2cc(S(=O)(=O)Cl)c([N+](=O)[O-])n2)O1. The second-order valence-corrected chi connectivity index (χ2v) is 6.91. The molecule has 2 atom stereocenters. The molecule has 8 nitrogen and oxygen atoms in total. The summed E-state index contributed by atoms with van der Waals surface area (Å²) in [5.74, 6) is -0.763. The molecule has 1 aromatic heterocycles. The van der Waals surface area contributed by atoms with E-state index in [9.17, 15) is 18.5 Å². The molecule has 0 spiro atoms. The fourth-order valence-corrected chi connectivity index (χ4v) is 2.92. The van der Waals surface area contributed by atoms with Crippen LogP contribution in [0.2, 0.25) is 0 Å². The molecular weight excluding hydrogens is 298 g/mol. The van der Waals surface area contributed by atoms with E-state index in [1.165, 1.54) is 4.68 Å². The van der Waals surface area contributed by atoms with Gasteiger partial charge in [-0.05, 0) is 24.7 Å². The topological polar surface area (TPSA) is 104 Å². The lowest BCUT2D eigenvalue weighted by molar-refractivity contribution is -0.392. The Morgan fingerprint density at radius 1 is 1.63 bits per heavy atom. The Balaban J connectivity index is 2.26. The molecule has 0 amide bonds. The zero-order chi connectivity index (χ0) is 14.2. The zero-order valence-corrected chi connectivity index (χ0v) is 11.6. The van der Waals surface area contributed by atoms with Crippen molar-refractivity contribution in [3.63, 3.8) is 0 Å². The number of hydrogen-bond donors (Lipinski definition) is 0. The van der Waals surface area contributed by atoms with Gasteiger partial charge in [-0.25, -0.2) is 8.42 Å². The maximum Gasteiger partial charge on any atom is 0.410 e. The van der Waals surface area contributed by atoms with Crippen molar-refractivity contribution in [2.45, 2.75) is 43.4 Å². The van der Waals surface area contributed by atoms with Crippen molar-refractivity contribution in [3.8, 4) is 0 Å². The highest BCUT2D eigenvalue weighted by atomic mass is 35.7. The molecule has 0 N–H and O–H groups in total. The van der Waals surface area contributed by atoms with E-state index in [1.807, 2.05) is 6.92 Å². The normalized spacial score (nSPS) is 23.7. The number of nitrogens with zero attached hydrogens (tertiary/aromatic N) is 3. The van der Waals surface area contributed by atoms with E-state index in [0.29, 0.717) is 0 Å². The molecule has 0 radical (unpaired) electrons. The third-order valence-corrected chi connectivity index (χ3v) is 4.17.